The van der Waals surface area contributed by atoms with Crippen LogP contribution in [0.4, 0.5) is 14.6 Å². The predicted molar refractivity (Wildman–Crippen MR) is 135 cm³/mol. The van der Waals surface area contributed by atoms with Crippen LogP contribution in [0.3, 0.4) is 0 Å². The monoisotopic (exact) mass is 575 g/mol. The van der Waals surface area contributed by atoms with Gasteiger partial charge in [0, 0.05) is 0 Å². The van der Waals surface area contributed by atoms with E-state index < -0.39 is 79.9 Å². The Morgan fingerprint density at radius 1 is 1.31 bits per heavy atom. The number of alkyl halides is 1. The molecule has 2 heterocycles. The molecule has 0 saturated carbocycles. The number of nitrogen functional groups attached to an aromatic ring is 1. The molecule has 16 heteroatoms. The summed E-state index contributed by atoms with van der Waals surface area (Å²) < 4.78 is 64.8. The average molecular weight is 576 g/mol. The highest BCUT2D eigenvalue weighted by Crippen LogP contribution is 2.48. The lowest BCUT2D eigenvalue weighted by atomic mass is 9.91. The van der Waals surface area contributed by atoms with Crippen molar-refractivity contribution in [2.45, 2.75) is 69.9 Å². The van der Waals surface area contributed by atoms with Crippen molar-refractivity contribution >= 4 is 19.5 Å². The van der Waals surface area contributed by atoms with Gasteiger partial charge in [-0.3, -0.25) is 13.9 Å². The molecule has 0 spiro atoms. The summed E-state index contributed by atoms with van der Waals surface area (Å²) in [6, 6.07) is 6.71. The van der Waals surface area contributed by atoms with Crippen molar-refractivity contribution < 1.29 is 41.8 Å². The number of aliphatic hydroxyl groups is 1. The number of aliphatic hydroxyl groups excluding tert-OH is 1. The van der Waals surface area contributed by atoms with Crippen LogP contribution in [0, 0.1) is 5.82 Å². The van der Waals surface area contributed by atoms with Gasteiger partial charge < -0.3 is 30.6 Å². The van der Waals surface area contributed by atoms with Gasteiger partial charge in [0.1, 0.15) is 36.2 Å². The molecule has 13 nitrogen and oxygen atoms in total. The number of halogens is 2. The zero-order valence-electron chi connectivity index (χ0n) is 21.7. The van der Waals surface area contributed by atoms with Gasteiger partial charge in [0.25, 0.3) is 0 Å². The summed E-state index contributed by atoms with van der Waals surface area (Å²) in [4.78, 5) is 28.1. The number of rotatable bonds is 11. The van der Waals surface area contributed by atoms with Gasteiger partial charge in [0.15, 0.2) is 17.9 Å². The van der Waals surface area contributed by atoms with E-state index in [0.717, 1.165) is 0 Å². The fourth-order valence-corrected chi connectivity index (χ4v) is 5.56. The third kappa shape index (κ3) is 6.80. The van der Waals surface area contributed by atoms with Crippen LogP contribution in [-0.2, 0) is 23.4 Å². The van der Waals surface area contributed by atoms with Crippen LogP contribution in [0.5, 0.6) is 5.75 Å². The quantitative estimate of drug-likeness (QED) is 0.223. The molecule has 1 aliphatic heterocycles. The molecule has 216 valence electrons. The number of esters is 1. The zero-order chi connectivity index (χ0) is 29.1. The van der Waals surface area contributed by atoms with E-state index >= 15 is 0 Å². The van der Waals surface area contributed by atoms with Gasteiger partial charge in [-0.1, -0.05) is 18.2 Å². The molecule has 0 bridgehead atoms. The molecule has 0 amide bonds. The van der Waals surface area contributed by atoms with Gasteiger partial charge in [0.05, 0.1) is 18.4 Å². The lowest BCUT2D eigenvalue weighted by molar-refractivity contribution is -0.149. The highest BCUT2D eigenvalue weighted by molar-refractivity contribution is 7.52. The molecular weight excluding hydrogens is 543 g/mol. The van der Waals surface area contributed by atoms with E-state index in [1.165, 1.54) is 26.0 Å². The van der Waals surface area contributed by atoms with Gasteiger partial charge in [-0.05, 0) is 39.8 Å². The molecule has 1 aromatic carbocycles. The summed E-state index contributed by atoms with van der Waals surface area (Å²) in [7, 11) is -4.43. The van der Waals surface area contributed by atoms with E-state index in [1.807, 2.05) is 0 Å². The molecule has 1 aliphatic rings. The number of nitrogens with zero attached hydrogens (tertiary/aromatic N) is 2. The number of aromatic nitrogens is 2. The minimum atomic E-state index is -4.43. The Hall–Kier alpha value is -2.94. The fourth-order valence-electron chi connectivity index (χ4n) is 3.87. The highest BCUT2D eigenvalue weighted by Gasteiger charge is 2.58. The maximum atomic E-state index is 14.2. The normalized spacial score (nSPS) is 26.1. The molecule has 1 aromatic heterocycles. The Balaban J connectivity index is 1.91. The Morgan fingerprint density at radius 3 is 2.54 bits per heavy atom. The third-order valence-electron chi connectivity index (χ3n) is 5.82. The van der Waals surface area contributed by atoms with Crippen LogP contribution in [0.25, 0.3) is 0 Å². The SMILES string of the molecule is CC(C)OC(=O)[C@H](C)NP(=O)(Oc1ccccc1)O[C@@H](C)[C@H]1O[C@@H](n2cc(F)c(N)nc2=O)[C@@](N)(CF)C1O. The predicted octanol–water partition coefficient (Wildman–Crippen LogP) is 1.41. The Morgan fingerprint density at radius 2 is 1.95 bits per heavy atom. The molecule has 2 aromatic rings. The van der Waals surface area contributed by atoms with Crippen LogP contribution in [0.15, 0.2) is 41.3 Å². The van der Waals surface area contributed by atoms with Gasteiger partial charge in [-0.15, -0.1) is 0 Å². The topological polar surface area (TPSA) is 190 Å². The first-order chi connectivity index (χ1) is 18.2. The largest absolute Gasteiger partial charge is 0.462 e. The number of para-hydroxylation sites is 1. The molecule has 0 aliphatic carbocycles. The van der Waals surface area contributed by atoms with Crippen molar-refractivity contribution in [3.63, 3.8) is 0 Å². The van der Waals surface area contributed by atoms with Crippen molar-refractivity contribution in [2.24, 2.45) is 5.73 Å². The third-order valence-corrected chi connectivity index (χ3v) is 7.58. The Labute approximate surface area is 223 Å². The summed E-state index contributed by atoms with van der Waals surface area (Å²) >= 11 is 0. The summed E-state index contributed by atoms with van der Waals surface area (Å²) in [5.41, 5.74) is 8.03. The minimum absolute atomic E-state index is 0.114. The number of nitrogens with two attached hydrogens (primary N) is 2. The van der Waals surface area contributed by atoms with E-state index in [2.05, 4.69) is 10.1 Å². The van der Waals surface area contributed by atoms with Crippen LogP contribution in [0.2, 0.25) is 0 Å². The molecule has 1 saturated heterocycles. The summed E-state index contributed by atoms with van der Waals surface area (Å²) in [5, 5.41) is 13.4. The van der Waals surface area contributed by atoms with E-state index in [9.17, 15) is 28.0 Å². The van der Waals surface area contributed by atoms with Crippen LogP contribution in [0.1, 0.15) is 33.9 Å². The molecular formula is C23H32F2N5O8P. The lowest BCUT2D eigenvalue weighted by Crippen LogP contribution is -2.58. The summed E-state index contributed by atoms with van der Waals surface area (Å²) in [6.07, 6.45) is -6.27. The first kappa shape index (κ1) is 30.6. The number of ether oxygens (including phenoxy) is 2. The second kappa shape index (κ2) is 12.1. The fraction of sp³-hybridized carbons (Fsp3) is 0.522. The van der Waals surface area contributed by atoms with Gasteiger partial charge >= 0.3 is 19.4 Å². The smallest absolute Gasteiger partial charge is 0.459 e. The number of carbonyl (C=O) groups is 1. The maximum Gasteiger partial charge on any atom is 0.459 e. The first-order valence-electron chi connectivity index (χ1n) is 11.9. The van der Waals surface area contributed by atoms with Crippen molar-refractivity contribution in [3.05, 3.63) is 52.8 Å². The molecule has 1 fully saturated rings. The number of nitrogens with one attached hydrogen (secondary N) is 1. The van der Waals surface area contributed by atoms with Crippen molar-refractivity contribution in [1.29, 1.82) is 0 Å². The van der Waals surface area contributed by atoms with Gasteiger partial charge in [-0.25, -0.2) is 18.1 Å². The van der Waals surface area contributed by atoms with E-state index in [1.54, 1.807) is 32.0 Å². The second-order valence-electron chi connectivity index (χ2n) is 9.36. The number of hydrogen-bond acceptors (Lipinski definition) is 11. The summed E-state index contributed by atoms with van der Waals surface area (Å²) in [5.74, 6) is -2.43. The van der Waals surface area contributed by atoms with E-state index in [-0.39, 0.29) is 5.75 Å². The van der Waals surface area contributed by atoms with Gasteiger partial charge in [0.2, 0.25) is 0 Å². The van der Waals surface area contributed by atoms with Crippen molar-refractivity contribution in [2.75, 3.05) is 12.4 Å². The Kier molecular flexibility index (Phi) is 9.47. The van der Waals surface area contributed by atoms with Crippen molar-refractivity contribution in [1.82, 2.24) is 14.6 Å². The average Bonchev–Trinajstić information content (AvgIpc) is 3.12. The lowest BCUT2D eigenvalue weighted by Gasteiger charge is -2.31. The molecule has 7 atom stereocenters. The van der Waals surface area contributed by atoms with E-state index in [0.29, 0.717) is 10.8 Å². The molecule has 0 radical (unpaired) electrons. The summed E-state index contributed by atoms with van der Waals surface area (Å²) in [6.45, 7) is 4.56. The minimum Gasteiger partial charge on any atom is -0.462 e. The second-order valence-corrected chi connectivity index (χ2v) is 11.0. The standard InChI is InChI=1S/C23H32F2N5O8P/c1-12(2)35-20(32)13(3)29-39(34,38-15-8-6-5-7-9-15)37-14(4)17-18(31)23(27,11-24)21(36-17)30-10-16(25)19(26)28-22(30)33/h5-10,12-14,17-18,21,31H,11,27H2,1-4H3,(H,29,34)(H2,26,28,33)/t13-,14-,17+,18?,21+,23+,39?/m0/s1. The molecule has 6 N–H and O–H groups in total. The number of anilines is 1. The molecule has 2 unspecified atom stereocenters. The molecule has 3 rings (SSSR count). The maximum absolute atomic E-state index is 14.2. The number of benzene rings is 1. The van der Waals surface area contributed by atoms with Crippen LogP contribution >= 0.6 is 7.75 Å². The first-order valence-corrected chi connectivity index (χ1v) is 13.5. The zero-order valence-corrected chi connectivity index (χ0v) is 22.6. The van der Waals surface area contributed by atoms with Crippen LogP contribution in [-0.4, -0.2) is 63.3 Å². The van der Waals surface area contributed by atoms with E-state index in [4.69, 9.17) is 30.0 Å². The molecule has 39 heavy (non-hydrogen) atoms. The number of carbonyl (C=O) groups excluding carboxylic acids is 1. The Bertz CT molecular complexity index is 1270. The number of hydrogen-bond donors (Lipinski definition) is 4. The highest BCUT2D eigenvalue weighted by atomic mass is 31.2. The van der Waals surface area contributed by atoms with Crippen LogP contribution < -0.4 is 26.8 Å². The van der Waals surface area contributed by atoms with Crippen molar-refractivity contribution in [3.8, 4) is 5.75 Å². The van der Waals surface area contributed by atoms with Gasteiger partial charge in [-0.2, -0.15) is 10.1 Å².